The van der Waals surface area contributed by atoms with Gasteiger partial charge in [0.2, 0.25) is 0 Å². The van der Waals surface area contributed by atoms with E-state index in [0.29, 0.717) is 0 Å². The number of amides is 1. The molecule has 1 aliphatic rings. The Morgan fingerprint density at radius 2 is 1.86 bits per heavy atom. The largest absolute Gasteiger partial charge is 0.484 e. The first-order chi connectivity index (χ1) is 10.3. The monoisotopic (exact) mass is 281 g/mol. The van der Waals surface area contributed by atoms with Crippen molar-refractivity contribution in [3.8, 4) is 5.75 Å². The van der Waals surface area contributed by atoms with E-state index in [4.69, 9.17) is 4.74 Å². The van der Waals surface area contributed by atoms with E-state index >= 15 is 0 Å². The Hall–Kier alpha value is -2.29. The molecule has 0 spiro atoms. The quantitative estimate of drug-likeness (QED) is 0.862. The molecule has 1 unspecified atom stereocenters. The van der Waals surface area contributed by atoms with Gasteiger partial charge in [-0.05, 0) is 43.5 Å². The van der Waals surface area contributed by atoms with Gasteiger partial charge in [-0.3, -0.25) is 4.79 Å². The van der Waals surface area contributed by atoms with E-state index in [1.165, 1.54) is 5.56 Å². The number of aryl methyl sites for hydroxylation is 1. The maximum Gasteiger partial charge on any atom is 0.265 e. The van der Waals surface area contributed by atoms with Crippen molar-refractivity contribution in [2.75, 3.05) is 11.5 Å². The predicted molar refractivity (Wildman–Crippen MR) is 83.6 cm³/mol. The van der Waals surface area contributed by atoms with Gasteiger partial charge in [-0.25, -0.2) is 0 Å². The zero-order valence-corrected chi connectivity index (χ0v) is 12.2. The van der Waals surface area contributed by atoms with Crippen molar-refractivity contribution >= 4 is 11.6 Å². The summed E-state index contributed by atoms with van der Waals surface area (Å²) in [7, 11) is 0. The molecule has 0 aliphatic carbocycles. The minimum Gasteiger partial charge on any atom is -0.484 e. The van der Waals surface area contributed by atoms with Crippen molar-refractivity contribution in [2.45, 2.75) is 25.8 Å². The maximum absolute atomic E-state index is 12.5. The maximum atomic E-state index is 12.5. The molecular formula is C18H19NO2. The highest BCUT2D eigenvalue weighted by molar-refractivity contribution is 5.96. The van der Waals surface area contributed by atoms with E-state index in [1.54, 1.807) is 0 Å². The first-order valence-corrected chi connectivity index (χ1v) is 7.33. The van der Waals surface area contributed by atoms with E-state index < -0.39 is 0 Å². The summed E-state index contributed by atoms with van der Waals surface area (Å²) in [6.07, 6.45) is 2.02. The van der Waals surface area contributed by atoms with Gasteiger partial charge in [-0.1, -0.05) is 36.4 Å². The SMILES string of the molecule is CC1CCc2ccccc2N1C(=O)COc1ccccc1. The van der Waals surface area contributed by atoms with E-state index in [9.17, 15) is 4.79 Å². The number of nitrogens with zero attached hydrogens (tertiary/aromatic N) is 1. The number of fused-ring (bicyclic) bond motifs is 1. The molecule has 0 N–H and O–H groups in total. The van der Waals surface area contributed by atoms with Crippen LogP contribution in [0.5, 0.6) is 5.75 Å². The van der Waals surface area contributed by atoms with E-state index in [-0.39, 0.29) is 18.6 Å². The fourth-order valence-electron chi connectivity index (χ4n) is 2.80. The summed E-state index contributed by atoms with van der Waals surface area (Å²) in [4.78, 5) is 14.4. The minimum absolute atomic E-state index is 0.0125. The Morgan fingerprint density at radius 3 is 2.67 bits per heavy atom. The first-order valence-electron chi connectivity index (χ1n) is 7.33. The van der Waals surface area contributed by atoms with Crippen LogP contribution in [0.4, 0.5) is 5.69 Å². The van der Waals surface area contributed by atoms with Gasteiger partial charge in [0.05, 0.1) is 0 Å². The summed E-state index contributed by atoms with van der Waals surface area (Å²) < 4.78 is 5.59. The van der Waals surface area contributed by atoms with Crippen LogP contribution in [0.2, 0.25) is 0 Å². The normalized spacial score (nSPS) is 17.2. The van der Waals surface area contributed by atoms with Crippen LogP contribution in [0, 0.1) is 0 Å². The fourth-order valence-corrected chi connectivity index (χ4v) is 2.80. The number of benzene rings is 2. The molecule has 2 aromatic carbocycles. The number of rotatable bonds is 3. The first kappa shape index (κ1) is 13.7. The van der Waals surface area contributed by atoms with Crippen LogP contribution in [0.25, 0.3) is 0 Å². The van der Waals surface area contributed by atoms with Crippen molar-refractivity contribution in [1.82, 2.24) is 0 Å². The molecular weight excluding hydrogens is 262 g/mol. The van der Waals surface area contributed by atoms with E-state index in [1.807, 2.05) is 53.4 Å². The molecule has 3 rings (SSSR count). The van der Waals surface area contributed by atoms with E-state index in [2.05, 4.69) is 13.0 Å². The zero-order chi connectivity index (χ0) is 14.7. The number of hydrogen-bond donors (Lipinski definition) is 0. The van der Waals surface area contributed by atoms with Gasteiger partial charge in [0.15, 0.2) is 6.61 Å². The smallest absolute Gasteiger partial charge is 0.265 e. The molecule has 0 saturated heterocycles. The third-order valence-corrected chi connectivity index (χ3v) is 3.90. The fraction of sp³-hybridized carbons (Fsp3) is 0.278. The van der Waals surface area contributed by atoms with Crippen molar-refractivity contribution in [1.29, 1.82) is 0 Å². The second-order valence-corrected chi connectivity index (χ2v) is 5.38. The standard InChI is InChI=1S/C18H19NO2/c1-14-11-12-15-7-5-6-10-17(15)19(14)18(20)13-21-16-8-3-2-4-9-16/h2-10,14H,11-13H2,1H3. The molecule has 0 saturated carbocycles. The van der Waals surface area contributed by atoms with Crippen LogP contribution in [0.1, 0.15) is 18.9 Å². The molecule has 0 fully saturated rings. The zero-order valence-electron chi connectivity index (χ0n) is 12.2. The summed E-state index contributed by atoms with van der Waals surface area (Å²) in [5.74, 6) is 0.738. The van der Waals surface area contributed by atoms with Gasteiger partial charge in [0, 0.05) is 11.7 Å². The number of para-hydroxylation sites is 2. The molecule has 0 bridgehead atoms. The molecule has 2 aromatic rings. The van der Waals surface area contributed by atoms with Crippen LogP contribution in [0.15, 0.2) is 54.6 Å². The van der Waals surface area contributed by atoms with Gasteiger partial charge in [0.25, 0.3) is 5.91 Å². The van der Waals surface area contributed by atoms with Crippen LogP contribution in [0.3, 0.4) is 0 Å². The van der Waals surface area contributed by atoms with Gasteiger partial charge in [0.1, 0.15) is 5.75 Å². The van der Waals surface area contributed by atoms with Gasteiger partial charge < -0.3 is 9.64 Å². The third kappa shape index (κ3) is 2.92. The lowest BCUT2D eigenvalue weighted by atomic mass is 9.96. The van der Waals surface area contributed by atoms with Crippen LogP contribution in [-0.4, -0.2) is 18.6 Å². The lowest BCUT2D eigenvalue weighted by Crippen LogP contribution is -2.44. The molecule has 21 heavy (non-hydrogen) atoms. The summed E-state index contributed by atoms with van der Waals surface area (Å²) in [5.41, 5.74) is 2.27. The van der Waals surface area contributed by atoms with E-state index in [0.717, 1.165) is 24.3 Å². The molecule has 108 valence electrons. The van der Waals surface area contributed by atoms with Gasteiger partial charge in [-0.15, -0.1) is 0 Å². The minimum atomic E-state index is 0.0125. The number of carbonyl (C=O) groups is 1. The summed E-state index contributed by atoms with van der Waals surface area (Å²) in [5, 5.41) is 0. The highest BCUT2D eigenvalue weighted by Gasteiger charge is 2.27. The lowest BCUT2D eigenvalue weighted by Gasteiger charge is -2.35. The van der Waals surface area contributed by atoms with Crippen molar-refractivity contribution in [3.63, 3.8) is 0 Å². The van der Waals surface area contributed by atoms with Crippen LogP contribution < -0.4 is 9.64 Å². The van der Waals surface area contributed by atoms with Crippen molar-refractivity contribution in [3.05, 3.63) is 60.2 Å². The van der Waals surface area contributed by atoms with Crippen LogP contribution >= 0.6 is 0 Å². The third-order valence-electron chi connectivity index (χ3n) is 3.90. The van der Waals surface area contributed by atoms with Crippen molar-refractivity contribution < 1.29 is 9.53 Å². The highest BCUT2D eigenvalue weighted by Crippen LogP contribution is 2.30. The Morgan fingerprint density at radius 1 is 1.14 bits per heavy atom. The topological polar surface area (TPSA) is 29.5 Å². The average molecular weight is 281 g/mol. The molecule has 3 heteroatoms. The Labute approximate surface area is 125 Å². The molecule has 1 heterocycles. The average Bonchev–Trinajstić information content (AvgIpc) is 2.53. The Balaban J connectivity index is 1.75. The summed E-state index contributed by atoms with van der Waals surface area (Å²) in [6.45, 7) is 2.17. The lowest BCUT2D eigenvalue weighted by molar-refractivity contribution is -0.121. The van der Waals surface area contributed by atoms with Crippen LogP contribution in [-0.2, 0) is 11.2 Å². The highest BCUT2D eigenvalue weighted by atomic mass is 16.5. The molecule has 0 aromatic heterocycles. The molecule has 1 amide bonds. The van der Waals surface area contributed by atoms with Gasteiger partial charge >= 0.3 is 0 Å². The number of ether oxygens (including phenoxy) is 1. The number of anilines is 1. The molecule has 1 atom stereocenters. The number of carbonyl (C=O) groups excluding carboxylic acids is 1. The van der Waals surface area contributed by atoms with Crippen molar-refractivity contribution in [2.24, 2.45) is 0 Å². The molecule has 1 aliphatic heterocycles. The molecule has 3 nitrogen and oxygen atoms in total. The summed E-state index contributed by atoms with van der Waals surface area (Å²) >= 11 is 0. The second-order valence-electron chi connectivity index (χ2n) is 5.38. The second kappa shape index (κ2) is 6.00. The summed E-state index contributed by atoms with van der Waals surface area (Å²) in [6, 6.07) is 17.8. The predicted octanol–water partition coefficient (Wildman–Crippen LogP) is 3.43. The molecule has 0 radical (unpaired) electrons. The Bertz CT molecular complexity index is 624. The Kier molecular flexibility index (Phi) is 3.91. The number of hydrogen-bond acceptors (Lipinski definition) is 2. The van der Waals surface area contributed by atoms with Gasteiger partial charge in [-0.2, -0.15) is 0 Å².